The van der Waals surface area contributed by atoms with E-state index in [0.717, 1.165) is 12.3 Å². The number of fused-ring (bicyclic) bond motifs is 2. The Balaban J connectivity index is 1.61. The molecule has 34 heavy (non-hydrogen) atoms. The van der Waals surface area contributed by atoms with Crippen molar-refractivity contribution in [2.24, 2.45) is 0 Å². The molecular weight excluding hydrogens is 460 g/mol. The molecule has 0 aliphatic carbocycles. The molecule has 1 unspecified atom stereocenters. The minimum atomic E-state index is -4.93. The lowest BCUT2D eigenvalue weighted by Crippen LogP contribution is -2.25. The van der Waals surface area contributed by atoms with Gasteiger partial charge >= 0.3 is 6.36 Å². The first-order valence-electron chi connectivity index (χ1n) is 9.85. The molecule has 0 aliphatic heterocycles. The Kier molecular flexibility index (Phi) is 4.84. The highest BCUT2D eigenvalue weighted by molar-refractivity contribution is 5.78. The fourth-order valence-corrected chi connectivity index (χ4v) is 3.63. The number of pyridine rings is 3. The quantitative estimate of drug-likeness (QED) is 0.362. The number of hydrogen-bond acceptors (Lipinski definition) is 7. The molecule has 5 rings (SSSR count). The van der Waals surface area contributed by atoms with E-state index in [9.17, 15) is 22.4 Å². The highest BCUT2D eigenvalue weighted by atomic mass is 19.4. The second-order valence-electron chi connectivity index (χ2n) is 7.52. The Morgan fingerprint density at radius 3 is 2.68 bits per heavy atom. The van der Waals surface area contributed by atoms with Crippen LogP contribution in [-0.4, -0.2) is 35.7 Å². The third-order valence-corrected chi connectivity index (χ3v) is 5.17. The summed E-state index contributed by atoms with van der Waals surface area (Å²) in [5.41, 5.74) is 0.464. The molecule has 0 aliphatic rings. The number of ether oxygens (including phenoxy) is 1. The van der Waals surface area contributed by atoms with E-state index in [0.29, 0.717) is 17.0 Å². The summed E-state index contributed by atoms with van der Waals surface area (Å²) >= 11 is 0. The molecule has 0 saturated carbocycles. The van der Waals surface area contributed by atoms with Gasteiger partial charge in [-0.2, -0.15) is 0 Å². The average molecular weight is 474 g/mol. The van der Waals surface area contributed by atoms with Crippen molar-refractivity contribution in [2.45, 2.75) is 26.3 Å². The van der Waals surface area contributed by atoms with Crippen LogP contribution < -0.4 is 10.3 Å². The maximum Gasteiger partial charge on any atom is 0.573 e. The zero-order valence-electron chi connectivity index (χ0n) is 17.5. The monoisotopic (exact) mass is 474 g/mol. The summed E-state index contributed by atoms with van der Waals surface area (Å²) in [6.07, 6.45) is -1.08. The number of halogens is 4. The molecule has 0 spiro atoms. The van der Waals surface area contributed by atoms with E-state index in [1.807, 2.05) is 0 Å². The van der Waals surface area contributed by atoms with E-state index >= 15 is 0 Å². The van der Waals surface area contributed by atoms with Crippen LogP contribution in [0.15, 0.2) is 52.2 Å². The van der Waals surface area contributed by atoms with Gasteiger partial charge in [-0.15, -0.1) is 23.4 Å². The van der Waals surface area contributed by atoms with Crippen LogP contribution in [0.1, 0.15) is 24.5 Å². The molecule has 0 saturated heterocycles. The fraction of sp³-hybridized carbons (Fsp3) is 0.190. The van der Waals surface area contributed by atoms with Crippen LogP contribution in [0.3, 0.4) is 0 Å². The molecule has 174 valence electrons. The van der Waals surface area contributed by atoms with Gasteiger partial charge in [-0.05, 0) is 32.0 Å². The SMILES string of the molecule is Cc1cc(-c2cc(F)c3nnc(C(C)n4ccc5ncc(OC(F)(F)F)cc5c4=O)n3c2)on1. The smallest absolute Gasteiger partial charge is 0.404 e. The van der Waals surface area contributed by atoms with E-state index in [1.54, 1.807) is 26.1 Å². The Hall–Kier alpha value is -4.29. The second-order valence-corrected chi connectivity index (χ2v) is 7.52. The molecule has 0 amide bonds. The van der Waals surface area contributed by atoms with Crippen LogP contribution in [0.2, 0.25) is 0 Å². The number of rotatable bonds is 4. The summed E-state index contributed by atoms with van der Waals surface area (Å²) < 4.78 is 64.2. The second kappa shape index (κ2) is 7.64. The number of alkyl halides is 3. The fourth-order valence-electron chi connectivity index (χ4n) is 3.63. The number of aryl methyl sites for hydroxylation is 1. The average Bonchev–Trinajstić information content (AvgIpc) is 3.39. The van der Waals surface area contributed by atoms with Gasteiger partial charge < -0.3 is 13.8 Å². The first-order chi connectivity index (χ1) is 16.1. The molecule has 0 N–H and O–H groups in total. The van der Waals surface area contributed by atoms with Gasteiger partial charge in [0.1, 0.15) is 5.75 Å². The van der Waals surface area contributed by atoms with Crippen molar-refractivity contribution >= 4 is 16.6 Å². The molecule has 9 nitrogen and oxygen atoms in total. The van der Waals surface area contributed by atoms with Gasteiger partial charge in [0.25, 0.3) is 5.56 Å². The zero-order valence-corrected chi connectivity index (χ0v) is 17.5. The largest absolute Gasteiger partial charge is 0.573 e. The van der Waals surface area contributed by atoms with Crippen molar-refractivity contribution in [3.05, 3.63) is 70.5 Å². The third-order valence-electron chi connectivity index (χ3n) is 5.17. The zero-order chi connectivity index (χ0) is 24.2. The Morgan fingerprint density at radius 1 is 1.18 bits per heavy atom. The number of aromatic nitrogens is 6. The molecule has 5 aromatic rings. The van der Waals surface area contributed by atoms with Crippen molar-refractivity contribution < 1.29 is 26.8 Å². The summed E-state index contributed by atoms with van der Waals surface area (Å²) in [7, 11) is 0. The van der Waals surface area contributed by atoms with Crippen LogP contribution in [-0.2, 0) is 0 Å². The molecule has 5 heterocycles. The predicted molar refractivity (Wildman–Crippen MR) is 110 cm³/mol. The minimum absolute atomic E-state index is 0.0711. The molecule has 5 aromatic heterocycles. The van der Waals surface area contributed by atoms with Gasteiger partial charge in [0.05, 0.1) is 28.8 Å². The van der Waals surface area contributed by atoms with E-state index in [2.05, 4.69) is 25.1 Å². The van der Waals surface area contributed by atoms with Crippen molar-refractivity contribution in [1.29, 1.82) is 0 Å². The molecule has 0 aromatic carbocycles. The topological polar surface area (TPSA) is 100 Å². The highest BCUT2D eigenvalue weighted by Gasteiger charge is 2.31. The lowest BCUT2D eigenvalue weighted by molar-refractivity contribution is -0.274. The van der Waals surface area contributed by atoms with Crippen LogP contribution in [0.5, 0.6) is 5.75 Å². The van der Waals surface area contributed by atoms with Crippen molar-refractivity contribution in [1.82, 2.24) is 29.3 Å². The van der Waals surface area contributed by atoms with Gasteiger partial charge in [-0.25, -0.2) is 4.39 Å². The van der Waals surface area contributed by atoms with Gasteiger partial charge in [0, 0.05) is 24.0 Å². The lowest BCUT2D eigenvalue weighted by Gasteiger charge is -2.15. The van der Waals surface area contributed by atoms with Crippen LogP contribution >= 0.6 is 0 Å². The van der Waals surface area contributed by atoms with Gasteiger partial charge in [-0.3, -0.25) is 14.2 Å². The highest BCUT2D eigenvalue weighted by Crippen LogP contribution is 2.27. The number of hydrogen-bond donors (Lipinski definition) is 0. The summed E-state index contributed by atoms with van der Waals surface area (Å²) in [6, 6.07) is 4.53. The standard InChI is InChI=1S/C21H14F4N6O3/c1-10-5-17(34-29-10)12-6-15(22)19-28-27-18(31(19)9-12)11(2)30-4-3-16-14(20(30)32)7-13(8-26-16)33-21(23,24)25/h3-9,11H,1-2H3. The minimum Gasteiger partial charge on any atom is -0.404 e. The summed E-state index contributed by atoms with van der Waals surface area (Å²) in [4.78, 5) is 17.0. The summed E-state index contributed by atoms with van der Waals surface area (Å²) in [5, 5.41) is 11.6. The normalized spacial score (nSPS) is 13.0. The van der Waals surface area contributed by atoms with Gasteiger partial charge in [0.15, 0.2) is 23.0 Å². The molecule has 0 bridgehead atoms. The van der Waals surface area contributed by atoms with Crippen molar-refractivity contribution in [3.8, 4) is 17.1 Å². The Labute approximate surface area is 187 Å². The predicted octanol–water partition coefficient (Wildman–Crippen LogP) is 4.05. The van der Waals surface area contributed by atoms with E-state index in [4.69, 9.17) is 4.52 Å². The van der Waals surface area contributed by atoms with Crippen molar-refractivity contribution in [2.75, 3.05) is 0 Å². The molecular formula is C21H14F4N6O3. The Bertz CT molecular complexity index is 1600. The van der Waals surface area contributed by atoms with Gasteiger partial charge in [0.2, 0.25) is 0 Å². The molecule has 13 heteroatoms. The van der Waals surface area contributed by atoms with Crippen LogP contribution in [0, 0.1) is 12.7 Å². The summed E-state index contributed by atoms with van der Waals surface area (Å²) in [5.74, 6) is -0.744. The van der Waals surface area contributed by atoms with E-state index in [1.165, 1.54) is 27.3 Å². The Morgan fingerprint density at radius 2 is 1.97 bits per heavy atom. The number of nitrogens with zero attached hydrogens (tertiary/aromatic N) is 6. The first-order valence-corrected chi connectivity index (χ1v) is 9.85. The van der Waals surface area contributed by atoms with Gasteiger partial charge in [-0.1, -0.05) is 5.16 Å². The summed E-state index contributed by atoms with van der Waals surface area (Å²) in [6.45, 7) is 3.34. The first kappa shape index (κ1) is 21.6. The third kappa shape index (κ3) is 3.74. The molecule has 0 radical (unpaired) electrons. The maximum atomic E-state index is 14.7. The van der Waals surface area contributed by atoms with Crippen molar-refractivity contribution in [3.63, 3.8) is 0 Å². The van der Waals surface area contributed by atoms with Crippen LogP contribution in [0.25, 0.3) is 27.9 Å². The van der Waals surface area contributed by atoms with E-state index < -0.39 is 29.5 Å². The molecule has 1 atom stereocenters. The van der Waals surface area contributed by atoms with Crippen LogP contribution in [0.4, 0.5) is 17.6 Å². The lowest BCUT2D eigenvalue weighted by atomic mass is 10.2. The van der Waals surface area contributed by atoms with E-state index in [-0.39, 0.29) is 22.4 Å². The maximum absolute atomic E-state index is 14.7. The molecule has 0 fully saturated rings.